The van der Waals surface area contributed by atoms with Gasteiger partial charge < -0.3 is 9.84 Å². The van der Waals surface area contributed by atoms with Crippen molar-refractivity contribution in [2.45, 2.75) is 32.5 Å². The summed E-state index contributed by atoms with van der Waals surface area (Å²) in [6, 6.07) is 5.80. The van der Waals surface area contributed by atoms with Gasteiger partial charge in [-0.1, -0.05) is 29.3 Å². The maximum absolute atomic E-state index is 11.8. The molecule has 0 aromatic heterocycles. The molecule has 1 rings (SSSR count). The number of aliphatic hydroxyl groups excluding tert-OH is 1. The van der Waals surface area contributed by atoms with Crippen LogP contribution in [0.2, 0.25) is 0 Å². The van der Waals surface area contributed by atoms with E-state index in [1.54, 1.807) is 0 Å². The number of hydrogen-bond donors (Lipinski definition) is 1. The molecule has 0 spiro atoms. The summed E-state index contributed by atoms with van der Waals surface area (Å²) in [5, 5.41) is 9.59. The first-order valence-electron chi connectivity index (χ1n) is 5.66. The van der Waals surface area contributed by atoms with E-state index in [0.717, 1.165) is 16.7 Å². The Hall–Kier alpha value is -1.07. The monoisotopic (exact) mass is 262 g/mol. The molecule has 0 radical (unpaired) electrons. The van der Waals surface area contributed by atoms with Gasteiger partial charge in [0.15, 0.2) is 0 Å². The van der Waals surface area contributed by atoms with Crippen molar-refractivity contribution in [3.05, 3.63) is 34.9 Å². The van der Waals surface area contributed by atoms with Crippen molar-refractivity contribution in [3.8, 4) is 0 Å². The van der Waals surface area contributed by atoms with E-state index in [9.17, 15) is 18.3 Å². The van der Waals surface area contributed by atoms with Crippen LogP contribution in [0.15, 0.2) is 18.2 Å². The van der Waals surface area contributed by atoms with Crippen LogP contribution >= 0.6 is 0 Å². The van der Waals surface area contributed by atoms with Crippen molar-refractivity contribution < 1.29 is 23.0 Å². The summed E-state index contributed by atoms with van der Waals surface area (Å²) in [6.07, 6.45) is -4.98. The van der Waals surface area contributed by atoms with Gasteiger partial charge >= 0.3 is 6.18 Å². The van der Waals surface area contributed by atoms with E-state index in [2.05, 4.69) is 4.74 Å². The van der Waals surface area contributed by atoms with Crippen LogP contribution in [0.4, 0.5) is 13.2 Å². The molecule has 0 bridgehead atoms. The standard InChI is InChI=1S/C13H17F3O2/c1-9-3-10(2)5-11(4-9)6-12(17)7-18-8-13(14,15)16/h3-5,12,17H,6-8H2,1-2H3. The van der Waals surface area contributed by atoms with E-state index < -0.39 is 18.9 Å². The van der Waals surface area contributed by atoms with Crippen LogP contribution in [-0.2, 0) is 11.2 Å². The molecule has 0 saturated carbocycles. The second kappa shape index (κ2) is 6.20. The first-order chi connectivity index (χ1) is 8.26. The Morgan fingerprint density at radius 3 is 2.22 bits per heavy atom. The lowest BCUT2D eigenvalue weighted by Gasteiger charge is -2.13. The second-order valence-electron chi connectivity index (χ2n) is 4.48. The maximum Gasteiger partial charge on any atom is 0.411 e. The van der Waals surface area contributed by atoms with Gasteiger partial charge in [-0.05, 0) is 19.4 Å². The molecule has 1 aromatic carbocycles. The summed E-state index contributed by atoms with van der Waals surface area (Å²) in [4.78, 5) is 0. The Morgan fingerprint density at radius 1 is 1.17 bits per heavy atom. The minimum Gasteiger partial charge on any atom is -0.390 e. The van der Waals surface area contributed by atoms with Gasteiger partial charge in [-0.15, -0.1) is 0 Å². The normalized spacial score (nSPS) is 13.7. The summed E-state index contributed by atoms with van der Waals surface area (Å²) < 4.78 is 39.9. The van der Waals surface area contributed by atoms with Gasteiger partial charge in [0.1, 0.15) is 6.61 Å². The molecule has 0 aliphatic heterocycles. The Balaban J connectivity index is 2.42. The zero-order valence-corrected chi connectivity index (χ0v) is 10.4. The number of alkyl halides is 3. The number of rotatable bonds is 5. The summed E-state index contributed by atoms with van der Waals surface area (Å²) >= 11 is 0. The Morgan fingerprint density at radius 2 is 1.72 bits per heavy atom. The zero-order valence-electron chi connectivity index (χ0n) is 10.4. The van der Waals surface area contributed by atoms with Crippen LogP contribution in [0.1, 0.15) is 16.7 Å². The molecule has 0 saturated heterocycles. The van der Waals surface area contributed by atoms with Gasteiger partial charge in [0.2, 0.25) is 0 Å². The Labute approximate surface area is 104 Å². The average Bonchev–Trinajstić information content (AvgIpc) is 2.12. The number of halogens is 3. The first kappa shape index (κ1) is 15.0. The average molecular weight is 262 g/mol. The van der Waals surface area contributed by atoms with Gasteiger partial charge in [0, 0.05) is 6.42 Å². The van der Waals surface area contributed by atoms with Crippen molar-refractivity contribution in [1.82, 2.24) is 0 Å². The SMILES string of the molecule is Cc1cc(C)cc(CC(O)COCC(F)(F)F)c1. The lowest BCUT2D eigenvalue weighted by atomic mass is 10.0. The zero-order chi connectivity index (χ0) is 13.8. The van der Waals surface area contributed by atoms with Crippen LogP contribution in [0.25, 0.3) is 0 Å². The third-order valence-corrected chi connectivity index (χ3v) is 2.33. The summed E-state index contributed by atoms with van der Waals surface area (Å²) in [5.41, 5.74) is 3.03. The van der Waals surface area contributed by atoms with E-state index in [4.69, 9.17) is 0 Å². The molecule has 0 fully saturated rings. The quantitative estimate of drug-likeness (QED) is 0.884. The fraction of sp³-hybridized carbons (Fsp3) is 0.538. The van der Waals surface area contributed by atoms with Crippen molar-refractivity contribution in [1.29, 1.82) is 0 Å². The van der Waals surface area contributed by atoms with Crippen LogP contribution in [0.3, 0.4) is 0 Å². The topological polar surface area (TPSA) is 29.5 Å². The number of aryl methyl sites for hydroxylation is 2. The number of aliphatic hydroxyl groups is 1. The molecule has 1 unspecified atom stereocenters. The number of ether oxygens (including phenoxy) is 1. The molecule has 102 valence electrons. The minimum atomic E-state index is -4.35. The lowest BCUT2D eigenvalue weighted by Crippen LogP contribution is -2.24. The Bertz CT molecular complexity index is 368. The fourth-order valence-corrected chi connectivity index (χ4v) is 1.83. The molecule has 5 heteroatoms. The van der Waals surface area contributed by atoms with Gasteiger partial charge in [0.05, 0.1) is 12.7 Å². The molecular formula is C13H17F3O2. The third kappa shape index (κ3) is 6.02. The van der Waals surface area contributed by atoms with Crippen molar-refractivity contribution in [2.75, 3.05) is 13.2 Å². The molecule has 1 atom stereocenters. The second-order valence-corrected chi connectivity index (χ2v) is 4.48. The fourth-order valence-electron chi connectivity index (χ4n) is 1.83. The molecular weight excluding hydrogens is 245 g/mol. The lowest BCUT2D eigenvalue weighted by molar-refractivity contribution is -0.179. The molecule has 0 heterocycles. The summed E-state index contributed by atoms with van der Waals surface area (Å²) in [7, 11) is 0. The van der Waals surface area contributed by atoms with E-state index >= 15 is 0 Å². The highest BCUT2D eigenvalue weighted by Gasteiger charge is 2.27. The van der Waals surface area contributed by atoms with Crippen LogP contribution in [0.5, 0.6) is 0 Å². The molecule has 2 nitrogen and oxygen atoms in total. The highest BCUT2D eigenvalue weighted by Crippen LogP contribution is 2.15. The molecule has 1 aromatic rings. The molecule has 18 heavy (non-hydrogen) atoms. The third-order valence-electron chi connectivity index (χ3n) is 2.33. The van der Waals surface area contributed by atoms with E-state index in [1.165, 1.54) is 0 Å². The van der Waals surface area contributed by atoms with Crippen LogP contribution < -0.4 is 0 Å². The van der Waals surface area contributed by atoms with Crippen LogP contribution in [0, 0.1) is 13.8 Å². The van der Waals surface area contributed by atoms with Crippen molar-refractivity contribution in [2.24, 2.45) is 0 Å². The smallest absolute Gasteiger partial charge is 0.390 e. The predicted octanol–water partition coefficient (Wildman–Crippen LogP) is 2.79. The molecule has 0 amide bonds. The van der Waals surface area contributed by atoms with Gasteiger partial charge in [0.25, 0.3) is 0 Å². The van der Waals surface area contributed by atoms with Gasteiger partial charge in [-0.3, -0.25) is 0 Å². The maximum atomic E-state index is 11.8. The number of hydrogen-bond acceptors (Lipinski definition) is 2. The minimum absolute atomic E-state index is 0.292. The van der Waals surface area contributed by atoms with Crippen LogP contribution in [-0.4, -0.2) is 30.6 Å². The van der Waals surface area contributed by atoms with Crippen molar-refractivity contribution in [3.63, 3.8) is 0 Å². The Kier molecular flexibility index (Phi) is 5.16. The first-order valence-corrected chi connectivity index (χ1v) is 5.66. The van der Waals surface area contributed by atoms with Crippen molar-refractivity contribution >= 4 is 0 Å². The molecule has 0 aliphatic rings. The van der Waals surface area contributed by atoms with Gasteiger partial charge in [-0.25, -0.2) is 0 Å². The van der Waals surface area contributed by atoms with E-state index in [-0.39, 0.29) is 6.61 Å². The largest absolute Gasteiger partial charge is 0.411 e. The predicted molar refractivity (Wildman–Crippen MR) is 62.5 cm³/mol. The molecule has 1 N–H and O–H groups in total. The molecule has 0 aliphatic carbocycles. The van der Waals surface area contributed by atoms with E-state index in [1.807, 2.05) is 32.0 Å². The van der Waals surface area contributed by atoms with Gasteiger partial charge in [-0.2, -0.15) is 13.2 Å². The van der Waals surface area contributed by atoms with E-state index in [0.29, 0.717) is 6.42 Å². The number of benzene rings is 1. The highest BCUT2D eigenvalue weighted by atomic mass is 19.4. The summed E-state index contributed by atoms with van der Waals surface area (Å²) in [5.74, 6) is 0. The summed E-state index contributed by atoms with van der Waals surface area (Å²) in [6.45, 7) is 2.23. The highest BCUT2D eigenvalue weighted by molar-refractivity contribution is 5.28.